The standard InChI is InChI=1S/C14H19F2O4P/c1-4-19-21(17,20-5-2)14(15,16)11-10-12-6-8-13(18-3)9-7-12/h6-11H,4-5H2,1-3H3/b11-10+. The van der Waals surface area contributed by atoms with Gasteiger partial charge in [0.05, 0.1) is 20.3 Å². The average molecular weight is 320 g/mol. The maximum Gasteiger partial charge on any atom is 0.403 e. The molecule has 0 aliphatic heterocycles. The molecule has 4 nitrogen and oxygen atoms in total. The summed E-state index contributed by atoms with van der Waals surface area (Å²) >= 11 is 0. The van der Waals surface area contributed by atoms with Crippen LogP contribution in [-0.4, -0.2) is 26.0 Å². The summed E-state index contributed by atoms with van der Waals surface area (Å²) in [5.74, 6) is 0.619. The summed E-state index contributed by atoms with van der Waals surface area (Å²) in [6.45, 7) is 2.72. The first-order valence-corrected chi connectivity index (χ1v) is 8.03. The molecule has 0 atom stereocenters. The van der Waals surface area contributed by atoms with Gasteiger partial charge in [-0.05, 0) is 37.6 Å². The lowest BCUT2D eigenvalue weighted by Crippen LogP contribution is -2.17. The van der Waals surface area contributed by atoms with E-state index >= 15 is 0 Å². The van der Waals surface area contributed by atoms with Crippen molar-refractivity contribution in [3.8, 4) is 5.75 Å². The minimum Gasteiger partial charge on any atom is -0.497 e. The Kier molecular flexibility index (Phi) is 6.52. The molecule has 0 aliphatic rings. The van der Waals surface area contributed by atoms with E-state index < -0.39 is 13.3 Å². The summed E-state index contributed by atoms with van der Waals surface area (Å²) in [7, 11) is -3.01. The topological polar surface area (TPSA) is 44.8 Å². The second-order valence-corrected chi connectivity index (χ2v) is 6.13. The van der Waals surface area contributed by atoms with Crippen LogP contribution in [0, 0.1) is 0 Å². The Morgan fingerprint density at radius 3 is 2.10 bits per heavy atom. The van der Waals surface area contributed by atoms with Gasteiger partial charge in [0.1, 0.15) is 5.75 Å². The Morgan fingerprint density at radius 1 is 1.14 bits per heavy atom. The van der Waals surface area contributed by atoms with Crippen LogP contribution < -0.4 is 4.74 Å². The molecule has 0 unspecified atom stereocenters. The van der Waals surface area contributed by atoms with E-state index in [0.717, 1.165) is 0 Å². The molecule has 118 valence electrons. The van der Waals surface area contributed by atoms with Gasteiger partial charge in [-0.2, -0.15) is 8.78 Å². The third kappa shape index (κ3) is 4.63. The van der Waals surface area contributed by atoms with Gasteiger partial charge >= 0.3 is 13.3 Å². The molecule has 0 spiro atoms. The van der Waals surface area contributed by atoms with E-state index in [4.69, 9.17) is 4.74 Å². The van der Waals surface area contributed by atoms with E-state index in [0.29, 0.717) is 17.4 Å². The van der Waals surface area contributed by atoms with Crippen molar-refractivity contribution in [3.05, 3.63) is 35.9 Å². The molecule has 7 heteroatoms. The van der Waals surface area contributed by atoms with Crippen LogP contribution >= 0.6 is 7.60 Å². The summed E-state index contributed by atoms with van der Waals surface area (Å²) in [4.78, 5) is 0. The molecule has 0 amide bonds. The molecule has 0 fully saturated rings. The van der Waals surface area contributed by atoms with Crippen LogP contribution in [0.15, 0.2) is 30.3 Å². The SMILES string of the molecule is CCOP(=O)(OCC)C(F)(F)/C=C/c1ccc(OC)cc1. The molecule has 1 aromatic rings. The third-order valence-corrected chi connectivity index (χ3v) is 4.63. The van der Waals surface area contributed by atoms with Crippen LogP contribution in [0.3, 0.4) is 0 Å². The molecule has 1 rings (SSSR count). The van der Waals surface area contributed by atoms with E-state index in [1.165, 1.54) is 27.0 Å². The Balaban J connectivity index is 2.94. The predicted octanol–water partition coefficient (Wildman–Crippen LogP) is 4.57. The van der Waals surface area contributed by atoms with Crippen molar-refractivity contribution in [2.75, 3.05) is 20.3 Å². The Morgan fingerprint density at radius 2 is 1.67 bits per heavy atom. The van der Waals surface area contributed by atoms with Crippen LogP contribution in [0.4, 0.5) is 8.78 Å². The second kappa shape index (κ2) is 7.69. The fraction of sp³-hybridized carbons (Fsp3) is 0.429. The highest BCUT2D eigenvalue weighted by molar-refractivity contribution is 7.55. The van der Waals surface area contributed by atoms with E-state index in [1.807, 2.05) is 0 Å². The van der Waals surface area contributed by atoms with Gasteiger partial charge in [0.2, 0.25) is 0 Å². The molecule has 0 aliphatic carbocycles. The molecule has 0 N–H and O–H groups in total. The van der Waals surface area contributed by atoms with Gasteiger partial charge in [-0.3, -0.25) is 4.57 Å². The highest BCUT2D eigenvalue weighted by Crippen LogP contribution is 2.62. The lowest BCUT2D eigenvalue weighted by Gasteiger charge is -2.23. The van der Waals surface area contributed by atoms with Gasteiger partial charge in [-0.25, -0.2) is 0 Å². The molecular weight excluding hydrogens is 301 g/mol. The monoisotopic (exact) mass is 320 g/mol. The third-order valence-electron chi connectivity index (χ3n) is 2.56. The van der Waals surface area contributed by atoms with Gasteiger partial charge < -0.3 is 13.8 Å². The molecule has 0 saturated carbocycles. The zero-order valence-electron chi connectivity index (χ0n) is 12.2. The summed E-state index contributed by atoms with van der Waals surface area (Å²) in [6.07, 6.45) is 1.71. The van der Waals surface area contributed by atoms with E-state index in [1.54, 1.807) is 24.3 Å². The van der Waals surface area contributed by atoms with Crippen molar-refractivity contribution in [1.29, 1.82) is 0 Å². The number of alkyl halides is 2. The number of hydrogen-bond donors (Lipinski definition) is 0. The fourth-order valence-corrected chi connectivity index (χ4v) is 2.91. The highest BCUT2D eigenvalue weighted by Gasteiger charge is 2.51. The zero-order valence-corrected chi connectivity index (χ0v) is 13.1. The largest absolute Gasteiger partial charge is 0.497 e. The van der Waals surface area contributed by atoms with Gasteiger partial charge in [-0.15, -0.1) is 0 Å². The maximum absolute atomic E-state index is 14.1. The van der Waals surface area contributed by atoms with E-state index in [-0.39, 0.29) is 13.2 Å². The van der Waals surface area contributed by atoms with Crippen LogP contribution in [-0.2, 0) is 13.6 Å². The Labute approximate surface area is 123 Å². The summed E-state index contributed by atoms with van der Waals surface area (Å²) in [5, 5.41) is 0. The zero-order chi connectivity index (χ0) is 15.9. The van der Waals surface area contributed by atoms with Crippen molar-refractivity contribution < 1.29 is 27.1 Å². The number of rotatable bonds is 8. The molecule has 0 saturated heterocycles. The lowest BCUT2D eigenvalue weighted by atomic mass is 10.2. The van der Waals surface area contributed by atoms with Crippen molar-refractivity contribution in [3.63, 3.8) is 0 Å². The van der Waals surface area contributed by atoms with Crippen LogP contribution in [0.2, 0.25) is 0 Å². The normalized spacial score (nSPS) is 12.8. The molecule has 21 heavy (non-hydrogen) atoms. The fourth-order valence-electron chi connectivity index (χ4n) is 1.55. The van der Waals surface area contributed by atoms with Crippen molar-refractivity contribution in [2.24, 2.45) is 0 Å². The number of ether oxygens (including phenoxy) is 1. The molecule has 0 heterocycles. The second-order valence-electron chi connectivity index (χ2n) is 4.03. The average Bonchev–Trinajstić information content (AvgIpc) is 2.46. The first-order chi connectivity index (χ1) is 9.88. The predicted molar refractivity (Wildman–Crippen MR) is 77.8 cm³/mol. The number of allylic oxidation sites excluding steroid dienone is 1. The van der Waals surface area contributed by atoms with Gasteiger partial charge in [0, 0.05) is 0 Å². The first-order valence-electron chi connectivity index (χ1n) is 6.49. The summed E-state index contributed by atoms with van der Waals surface area (Å²) in [6, 6.07) is 6.50. The van der Waals surface area contributed by atoms with Crippen molar-refractivity contribution >= 4 is 13.7 Å². The van der Waals surface area contributed by atoms with Crippen LogP contribution in [0.5, 0.6) is 5.75 Å². The minimum absolute atomic E-state index is 0.122. The van der Waals surface area contributed by atoms with Crippen LogP contribution in [0.25, 0.3) is 6.08 Å². The van der Waals surface area contributed by atoms with Crippen LogP contribution in [0.1, 0.15) is 19.4 Å². The summed E-state index contributed by atoms with van der Waals surface area (Å²) < 4.78 is 54.5. The lowest BCUT2D eigenvalue weighted by molar-refractivity contribution is 0.0800. The number of hydrogen-bond acceptors (Lipinski definition) is 4. The number of methoxy groups -OCH3 is 1. The smallest absolute Gasteiger partial charge is 0.403 e. The number of halogens is 2. The van der Waals surface area contributed by atoms with Crippen molar-refractivity contribution in [2.45, 2.75) is 19.5 Å². The van der Waals surface area contributed by atoms with Gasteiger partial charge in [-0.1, -0.05) is 18.2 Å². The van der Waals surface area contributed by atoms with E-state index in [2.05, 4.69) is 9.05 Å². The number of benzene rings is 1. The molecule has 0 aromatic heterocycles. The molecule has 1 aromatic carbocycles. The van der Waals surface area contributed by atoms with Gasteiger partial charge in [0.15, 0.2) is 0 Å². The quantitative estimate of drug-likeness (QED) is 0.658. The van der Waals surface area contributed by atoms with Crippen molar-refractivity contribution in [1.82, 2.24) is 0 Å². The Hall–Kier alpha value is -1.23. The first kappa shape index (κ1) is 17.8. The van der Waals surface area contributed by atoms with E-state index in [9.17, 15) is 13.3 Å². The van der Waals surface area contributed by atoms with Gasteiger partial charge in [0.25, 0.3) is 0 Å². The Bertz CT molecular complexity index is 504. The highest BCUT2D eigenvalue weighted by atomic mass is 31.2. The molecule has 0 radical (unpaired) electrons. The molecular formula is C14H19F2O4P. The minimum atomic E-state index is -4.52. The summed E-state index contributed by atoms with van der Waals surface area (Å²) in [5.41, 5.74) is -3.17. The maximum atomic E-state index is 14.1. The molecule has 0 bridgehead atoms.